The van der Waals surface area contributed by atoms with Gasteiger partial charge in [0.25, 0.3) is 5.91 Å². The molecule has 0 fully saturated rings. The van der Waals surface area contributed by atoms with Crippen molar-refractivity contribution in [2.24, 2.45) is 0 Å². The van der Waals surface area contributed by atoms with Crippen LogP contribution in [0.25, 0.3) is 0 Å². The first-order valence-corrected chi connectivity index (χ1v) is 8.23. The van der Waals surface area contributed by atoms with Gasteiger partial charge >= 0.3 is 0 Å². The van der Waals surface area contributed by atoms with Gasteiger partial charge in [-0.15, -0.1) is 11.3 Å². The zero-order valence-electron chi connectivity index (χ0n) is 9.75. The quantitative estimate of drug-likeness (QED) is 0.943. The summed E-state index contributed by atoms with van der Waals surface area (Å²) in [5.41, 5.74) is 0.0970. The van der Waals surface area contributed by atoms with Crippen LogP contribution in [0, 0.1) is 0 Å². The predicted octanol–water partition coefficient (Wildman–Crippen LogP) is 2.45. The molecule has 1 aromatic heterocycles. The van der Waals surface area contributed by atoms with Crippen molar-refractivity contribution in [1.82, 2.24) is 4.98 Å². The van der Waals surface area contributed by atoms with Crippen LogP contribution in [0.5, 0.6) is 0 Å². The van der Waals surface area contributed by atoms with E-state index in [1.54, 1.807) is 11.6 Å². The Morgan fingerprint density at radius 2 is 2.16 bits per heavy atom. The van der Waals surface area contributed by atoms with Crippen LogP contribution in [0.4, 0.5) is 5.13 Å². The molecule has 0 saturated carbocycles. The molecule has 1 aromatic carbocycles. The highest BCUT2D eigenvalue weighted by atomic mass is 35.5. The molecular formula is C11H9ClN2O3S2. The predicted molar refractivity (Wildman–Crippen MR) is 74.6 cm³/mol. The number of benzene rings is 1. The van der Waals surface area contributed by atoms with Crippen LogP contribution in [0.2, 0.25) is 5.02 Å². The van der Waals surface area contributed by atoms with Crippen LogP contribution in [-0.4, -0.2) is 25.6 Å². The smallest absolute Gasteiger partial charge is 0.259 e. The molecular weight excluding hydrogens is 308 g/mol. The second-order valence-corrected chi connectivity index (χ2v) is 7.02. The Bertz CT molecular complexity index is 712. The van der Waals surface area contributed by atoms with E-state index in [0.29, 0.717) is 5.13 Å². The Morgan fingerprint density at radius 3 is 2.74 bits per heavy atom. The third-order valence-electron chi connectivity index (χ3n) is 2.26. The molecule has 0 aliphatic rings. The van der Waals surface area contributed by atoms with Crippen molar-refractivity contribution in [3.05, 3.63) is 40.4 Å². The first-order valence-electron chi connectivity index (χ1n) is 5.08. The van der Waals surface area contributed by atoms with Gasteiger partial charge in [0.2, 0.25) is 0 Å². The fourth-order valence-electron chi connectivity index (χ4n) is 1.36. The molecule has 0 spiro atoms. The minimum absolute atomic E-state index is 0.0428. The van der Waals surface area contributed by atoms with E-state index < -0.39 is 15.7 Å². The van der Waals surface area contributed by atoms with E-state index in [1.165, 1.54) is 29.5 Å². The number of rotatable bonds is 3. The van der Waals surface area contributed by atoms with E-state index in [1.807, 2.05) is 0 Å². The molecule has 1 heterocycles. The molecule has 2 aromatic rings. The molecule has 0 aliphatic heterocycles. The first kappa shape index (κ1) is 14.0. The summed E-state index contributed by atoms with van der Waals surface area (Å²) < 4.78 is 22.9. The van der Waals surface area contributed by atoms with Gasteiger partial charge in [-0.25, -0.2) is 13.4 Å². The average Bonchev–Trinajstić information content (AvgIpc) is 2.80. The van der Waals surface area contributed by atoms with E-state index in [-0.39, 0.29) is 15.5 Å². The zero-order valence-corrected chi connectivity index (χ0v) is 12.1. The highest BCUT2D eigenvalue weighted by Crippen LogP contribution is 2.22. The fraction of sp³-hybridized carbons (Fsp3) is 0.0909. The number of anilines is 1. The molecule has 0 radical (unpaired) electrons. The molecule has 0 bridgehead atoms. The SMILES string of the molecule is CS(=O)(=O)c1ccc(Cl)c(C(=O)Nc2nccs2)c1. The highest BCUT2D eigenvalue weighted by molar-refractivity contribution is 7.90. The third kappa shape index (κ3) is 3.31. The molecule has 2 rings (SSSR count). The number of carbonyl (C=O) groups excluding carboxylic acids is 1. The molecule has 0 unspecified atom stereocenters. The highest BCUT2D eigenvalue weighted by Gasteiger charge is 2.16. The summed E-state index contributed by atoms with van der Waals surface area (Å²) in [4.78, 5) is 15.9. The molecule has 8 heteroatoms. The Balaban J connectivity index is 2.36. The van der Waals surface area contributed by atoms with Gasteiger partial charge in [0.05, 0.1) is 15.5 Å². The van der Waals surface area contributed by atoms with Crippen LogP contribution in [0.15, 0.2) is 34.7 Å². The Kier molecular flexibility index (Phi) is 3.88. The Labute approximate surface area is 119 Å². The summed E-state index contributed by atoms with van der Waals surface area (Å²) >= 11 is 7.17. The lowest BCUT2D eigenvalue weighted by atomic mass is 10.2. The standard InChI is InChI=1S/C11H9ClN2O3S2/c1-19(16,17)7-2-3-9(12)8(6-7)10(15)14-11-13-4-5-18-11/h2-6H,1H3,(H,13,14,15). The van der Waals surface area contributed by atoms with Crippen LogP contribution in [0.1, 0.15) is 10.4 Å². The van der Waals surface area contributed by atoms with Crippen LogP contribution in [0.3, 0.4) is 0 Å². The summed E-state index contributed by atoms with van der Waals surface area (Å²) in [6.07, 6.45) is 2.62. The van der Waals surface area contributed by atoms with E-state index in [0.717, 1.165) is 6.26 Å². The monoisotopic (exact) mass is 316 g/mol. The lowest BCUT2D eigenvalue weighted by molar-refractivity contribution is 0.102. The number of halogens is 1. The molecule has 5 nitrogen and oxygen atoms in total. The van der Waals surface area contributed by atoms with Gasteiger partial charge in [-0.05, 0) is 18.2 Å². The van der Waals surface area contributed by atoms with Gasteiger partial charge in [0.1, 0.15) is 0 Å². The topological polar surface area (TPSA) is 76.1 Å². The maximum Gasteiger partial charge on any atom is 0.259 e. The number of amides is 1. The van der Waals surface area contributed by atoms with Crippen molar-refractivity contribution >= 4 is 43.8 Å². The molecule has 100 valence electrons. The maximum atomic E-state index is 12.0. The molecule has 0 atom stereocenters. The van der Waals surface area contributed by atoms with Gasteiger partial charge in [0.15, 0.2) is 15.0 Å². The molecule has 1 amide bonds. The number of nitrogens with zero attached hydrogens (tertiary/aromatic N) is 1. The number of aromatic nitrogens is 1. The Morgan fingerprint density at radius 1 is 1.42 bits per heavy atom. The number of hydrogen-bond donors (Lipinski definition) is 1. The van der Waals surface area contributed by atoms with Crippen LogP contribution in [-0.2, 0) is 9.84 Å². The summed E-state index contributed by atoms with van der Waals surface area (Å²) in [6, 6.07) is 3.99. The van der Waals surface area contributed by atoms with Gasteiger partial charge < -0.3 is 0 Å². The Hall–Kier alpha value is -1.44. The maximum absolute atomic E-state index is 12.0. The largest absolute Gasteiger partial charge is 0.298 e. The van der Waals surface area contributed by atoms with Gasteiger partial charge in [-0.2, -0.15) is 0 Å². The molecule has 0 saturated heterocycles. The van der Waals surface area contributed by atoms with Gasteiger partial charge in [-0.1, -0.05) is 11.6 Å². The van der Waals surface area contributed by atoms with E-state index in [4.69, 9.17) is 11.6 Å². The number of thiazole rings is 1. The summed E-state index contributed by atoms with van der Waals surface area (Å²) in [6.45, 7) is 0. The van der Waals surface area contributed by atoms with Crippen LogP contribution < -0.4 is 5.32 Å². The summed E-state index contributed by atoms with van der Waals surface area (Å²) in [7, 11) is -3.39. The fourth-order valence-corrected chi connectivity index (χ4v) is 2.73. The second-order valence-electron chi connectivity index (χ2n) is 3.71. The molecule has 0 aliphatic carbocycles. The number of hydrogen-bond acceptors (Lipinski definition) is 5. The first-order chi connectivity index (χ1) is 8.88. The van der Waals surface area contributed by atoms with Crippen molar-refractivity contribution in [1.29, 1.82) is 0 Å². The number of sulfone groups is 1. The average molecular weight is 317 g/mol. The van der Waals surface area contributed by atoms with E-state index in [9.17, 15) is 13.2 Å². The van der Waals surface area contributed by atoms with Crippen molar-refractivity contribution in [2.75, 3.05) is 11.6 Å². The molecule has 1 N–H and O–H groups in total. The lowest BCUT2D eigenvalue weighted by Crippen LogP contribution is -2.13. The van der Waals surface area contributed by atoms with Crippen molar-refractivity contribution in [3.63, 3.8) is 0 Å². The molecule has 19 heavy (non-hydrogen) atoms. The van der Waals surface area contributed by atoms with E-state index in [2.05, 4.69) is 10.3 Å². The van der Waals surface area contributed by atoms with Crippen molar-refractivity contribution in [2.45, 2.75) is 4.90 Å². The minimum Gasteiger partial charge on any atom is -0.298 e. The summed E-state index contributed by atoms with van der Waals surface area (Å²) in [5.74, 6) is -0.495. The van der Waals surface area contributed by atoms with E-state index >= 15 is 0 Å². The van der Waals surface area contributed by atoms with Crippen molar-refractivity contribution < 1.29 is 13.2 Å². The zero-order chi connectivity index (χ0) is 14.0. The number of nitrogens with one attached hydrogen (secondary N) is 1. The minimum atomic E-state index is -3.39. The van der Waals surface area contributed by atoms with Crippen molar-refractivity contribution in [3.8, 4) is 0 Å². The normalized spacial score (nSPS) is 11.3. The lowest BCUT2D eigenvalue weighted by Gasteiger charge is -2.06. The third-order valence-corrected chi connectivity index (χ3v) is 4.39. The summed E-state index contributed by atoms with van der Waals surface area (Å²) in [5, 5.41) is 4.86. The van der Waals surface area contributed by atoms with Gasteiger partial charge in [-0.3, -0.25) is 10.1 Å². The number of carbonyl (C=O) groups is 1. The van der Waals surface area contributed by atoms with Crippen LogP contribution >= 0.6 is 22.9 Å². The van der Waals surface area contributed by atoms with Gasteiger partial charge in [0, 0.05) is 17.8 Å². The second kappa shape index (κ2) is 5.28.